The van der Waals surface area contributed by atoms with Crippen LogP contribution in [0, 0.1) is 5.92 Å². The lowest BCUT2D eigenvalue weighted by Gasteiger charge is -2.26. The zero-order valence-electron chi connectivity index (χ0n) is 19.4. The Balaban J connectivity index is 1.18. The number of alkyl carbamates (subject to hydrolysis) is 1. The molecule has 2 unspecified atom stereocenters. The van der Waals surface area contributed by atoms with Crippen LogP contribution in [-0.4, -0.2) is 64.4 Å². The number of nitrogens with zero attached hydrogens (tertiary/aromatic N) is 1. The van der Waals surface area contributed by atoms with Gasteiger partial charge in [-0.15, -0.1) is 0 Å². The number of rotatable bonds is 6. The number of carbonyl (C=O) groups is 3. The Morgan fingerprint density at radius 2 is 1.66 bits per heavy atom. The lowest BCUT2D eigenvalue weighted by atomic mass is 9.98. The number of carbonyl (C=O) groups excluding carboxylic acids is 2. The summed E-state index contributed by atoms with van der Waals surface area (Å²) in [5.74, 6) is -1.51. The first-order valence-electron chi connectivity index (χ1n) is 12.2. The predicted molar refractivity (Wildman–Crippen MR) is 128 cm³/mol. The summed E-state index contributed by atoms with van der Waals surface area (Å²) in [7, 11) is 0. The molecule has 2 fully saturated rings. The van der Waals surface area contributed by atoms with E-state index in [1.54, 1.807) is 0 Å². The Morgan fingerprint density at radius 1 is 1.00 bits per heavy atom. The van der Waals surface area contributed by atoms with Crippen molar-refractivity contribution >= 4 is 18.0 Å². The molecule has 2 amide bonds. The van der Waals surface area contributed by atoms with E-state index in [1.807, 2.05) is 24.3 Å². The van der Waals surface area contributed by atoms with Gasteiger partial charge in [0.05, 0.1) is 6.10 Å². The molecule has 2 aliphatic carbocycles. The third-order valence-corrected chi connectivity index (χ3v) is 7.63. The van der Waals surface area contributed by atoms with Crippen molar-refractivity contribution in [1.82, 2.24) is 10.2 Å². The second-order valence-electron chi connectivity index (χ2n) is 9.76. The van der Waals surface area contributed by atoms with Crippen LogP contribution in [0.3, 0.4) is 0 Å². The van der Waals surface area contributed by atoms with E-state index >= 15 is 0 Å². The summed E-state index contributed by atoms with van der Waals surface area (Å²) in [6.07, 6.45) is 1.26. The number of carboxylic acid groups (broad SMARTS) is 1. The van der Waals surface area contributed by atoms with E-state index in [0.29, 0.717) is 0 Å². The molecule has 0 spiro atoms. The standard InChI is InChI=1S/C27H30N2O6/c30-17-13-24(26(32)33)29(14-17)25(31)12-16-6-5-11-23(16)28-27(34)35-15-22-20-9-3-1-7-18(20)19-8-2-4-10-21(19)22/h1-4,7-10,16-17,22-24,30H,5-6,11-15H2,(H,28,34)(H,32,33)/t16?,17-,23?,24-/m0/s1. The number of amides is 2. The number of hydrogen-bond acceptors (Lipinski definition) is 5. The summed E-state index contributed by atoms with van der Waals surface area (Å²) < 4.78 is 5.66. The van der Waals surface area contributed by atoms with Crippen LogP contribution in [-0.2, 0) is 14.3 Å². The maximum Gasteiger partial charge on any atom is 0.407 e. The summed E-state index contributed by atoms with van der Waals surface area (Å²) in [6, 6.07) is 15.1. The van der Waals surface area contributed by atoms with Crippen molar-refractivity contribution < 1.29 is 29.3 Å². The van der Waals surface area contributed by atoms with Crippen LogP contribution in [0.25, 0.3) is 11.1 Å². The van der Waals surface area contributed by atoms with Crippen LogP contribution in [0.1, 0.15) is 49.1 Å². The highest BCUT2D eigenvalue weighted by atomic mass is 16.5. The molecule has 0 aromatic heterocycles. The zero-order valence-corrected chi connectivity index (χ0v) is 19.4. The molecule has 4 atom stereocenters. The van der Waals surface area contributed by atoms with E-state index < -0.39 is 24.2 Å². The summed E-state index contributed by atoms with van der Waals surface area (Å²) in [5.41, 5.74) is 4.62. The van der Waals surface area contributed by atoms with Crippen molar-refractivity contribution in [3.8, 4) is 11.1 Å². The SMILES string of the molecule is O=C(NC1CCCC1CC(=O)N1C[C@@H](O)C[C@H]1C(=O)O)OCC1c2ccccc2-c2ccccc21. The number of ether oxygens (including phenoxy) is 1. The van der Waals surface area contributed by atoms with Crippen molar-refractivity contribution in [3.63, 3.8) is 0 Å². The van der Waals surface area contributed by atoms with Crippen molar-refractivity contribution in [2.24, 2.45) is 5.92 Å². The Labute approximate surface area is 203 Å². The predicted octanol–water partition coefficient (Wildman–Crippen LogP) is 3.13. The number of benzene rings is 2. The highest BCUT2D eigenvalue weighted by Gasteiger charge is 2.41. The Kier molecular flexibility index (Phi) is 6.47. The van der Waals surface area contributed by atoms with Crippen LogP contribution in [0.4, 0.5) is 4.79 Å². The third kappa shape index (κ3) is 4.62. The van der Waals surface area contributed by atoms with Gasteiger partial charge < -0.3 is 25.2 Å². The average Bonchev–Trinajstić information content (AvgIpc) is 3.54. The molecule has 8 nitrogen and oxygen atoms in total. The summed E-state index contributed by atoms with van der Waals surface area (Å²) in [5, 5.41) is 22.2. The molecule has 184 valence electrons. The van der Waals surface area contributed by atoms with E-state index in [1.165, 1.54) is 4.90 Å². The molecular weight excluding hydrogens is 448 g/mol. The van der Waals surface area contributed by atoms with Crippen LogP contribution < -0.4 is 5.32 Å². The molecule has 0 bridgehead atoms. The van der Waals surface area contributed by atoms with E-state index in [4.69, 9.17) is 4.74 Å². The van der Waals surface area contributed by atoms with Gasteiger partial charge in [0.1, 0.15) is 12.6 Å². The second-order valence-corrected chi connectivity index (χ2v) is 9.76. The molecule has 1 heterocycles. The first-order chi connectivity index (χ1) is 16.9. The van der Waals surface area contributed by atoms with Crippen molar-refractivity contribution in [1.29, 1.82) is 0 Å². The Morgan fingerprint density at radius 3 is 2.31 bits per heavy atom. The number of fused-ring (bicyclic) bond motifs is 3. The molecule has 5 rings (SSSR count). The van der Waals surface area contributed by atoms with Crippen molar-refractivity contribution in [3.05, 3.63) is 59.7 Å². The first-order valence-corrected chi connectivity index (χ1v) is 12.2. The fraction of sp³-hybridized carbons (Fsp3) is 0.444. The smallest absolute Gasteiger partial charge is 0.407 e. The molecule has 3 N–H and O–H groups in total. The Hall–Kier alpha value is -3.39. The molecule has 3 aliphatic rings. The molecule has 1 saturated heterocycles. The van der Waals surface area contributed by atoms with Gasteiger partial charge in [0.2, 0.25) is 5.91 Å². The molecule has 1 saturated carbocycles. The van der Waals surface area contributed by atoms with Crippen LogP contribution in [0.2, 0.25) is 0 Å². The van der Waals surface area contributed by atoms with Crippen LogP contribution >= 0.6 is 0 Å². The van der Waals surface area contributed by atoms with E-state index in [2.05, 4.69) is 29.6 Å². The van der Waals surface area contributed by atoms with Gasteiger partial charge in [-0.1, -0.05) is 55.0 Å². The largest absolute Gasteiger partial charge is 0.480 e. The highest BCUT2D eigenvalue weighted by molar-refractivity contribution is 5.84. The first kappa shape index (κ1) is 23.4. The van der Waals surface area contributed by atoms with Gasteiger partial charge in [-0.05, 0) is 41.0 Å². The van der Waals surface area contributed by atoms with Crippen molar-refractivity contribution in [2.75, 3.05) is 13.2 Å². The normalized spacial score (nSPS) is 25.2. The van der Waals surface area contributed by atoms with Gasteiger partial charge in [0, 0.05) is 31.3 Å². The maximum absolute atomic E-state index is 12.8. The number of hydrogen-bond donors (Lipinski definition) is 3. The van der Waals surface area contributed by atoms with Gasteiger partial charge in [0.25, 0.3) is 0 Å². The average molecular weight is 479 g/mol. The molecule has 2 aromatic carbocycles. The second kappa shape index (κ2) is 9.70. The summed E-state index contributed by atoms with van der Waals surface area (Å²) in [4.78, 5) is 38.3. The lowest BCUT2D eigenvalue weighted by molar-refractivity contribution is -0.148. The molecular formula is C27H30N2O6. The fourth-order valence-electron chi connectivity index (χ4n) is 5.93. The molecule has 35 heavy (non-hydrogen) atoms. The van der Waals surface area contributed by atoms with Gasteiger partial charge in [-0.3, -0.25) is 4.79 Å². The number of aliphatic hydroxyl groups is 1. The number of aliphatic hydroxyl groups excluding tert-OH is 1. The maximum atomic E-state index is 12.8. The molecule has 2 aromatic rings. The van der Waals surface area contributed by atoms with E-state index in [9.17, 15) is 24.6 Å². The van der Waals surface area contributed by atoms with Gasteiger partial charge in [-0.25, -0.2) is 9.59 Å². The highest BCUT2D eigenvalue weighted by Crippen LogP contribution is 2.44. The van der Waals surface area contributed by atoms with Gasteiger partial charge in [0.15, 0.2) is 0 Å². The minimum Gasteiger partial charge on any atom is -0.480 e. The lowest BCUT2D eigenvalue weighted by Crippen LogP contribution is -2.44. The van der Waals surface area contributed by atoms with Gasteiger partial charge >= 0.3 is 12.1 Å². The zero-order chi connectivity index (χ0) is 24.5. The minimum atomic E-state index is -1.10. The number of carboxylic acids is 1. The van der Waals surface area contributed by atoms with E-state index in [-0.39, 0.29) is 49.8 Å². The van der Waals surface area contributed by atoms with Crippen molar-refractivity contribution in [2.45, 2.75) is 56.2 Å². The number of likely N-dealkylation sites (tertiary alicyclic amines) is 1. The number of β-amino-alcohol motifs (C(OH)–C–C–N with tert-alkyl or cyclic N) is 1. The van der Waals surface area contributed by atoms with Gasteiger partial charge in [-0.2, -0.15) is 0 Å². The minimum absolute atomic E-state index is 0.0244. The molecule has 1 aliphatic heterocycles. The quantitative estimate of drug-likeness (QED) is 0.588. The third-order valence-electron chi connectivity index (χ3n) is 7.63. The Bertz CT molecular complexity index is 1090. The van der Waals surface area contributed by atoms with Crippen LogP contribution in [0.15, 0.2) is 48.5 Å². The summed E-state index contributed by atoms with van der Waals surface area (Å²) in [6.45, 7) is 0.259. The molecule has 0 radical (unpaired) electrons. The topological polar surface area (TPSA) is 116 Å². The van der Waals surface area contributed by atoms with E-state index in [0.717, 1.165) is 41.5 Å². The molecule has 8 heteroatoms. The fourth-order valence-corrected chi connectivity index (χ4v) is 5.93. The number of nitrogens with one attached hydrogen (secondary N) is 1. The van der Waals surface area contributed by atoms with Crippen LogP contribution in [0.5, 0.6) is 0 Å². The summed E-state index contributed by atoms with van der Waals surface area (Å²) >= 11 is 0. The number of aliphatic carboxylic acids is 1. The monoisotopic (exact) mass is 478 g/mol.